The highest BCUT2D eigenvalue weighted by atomic mass is 35.5. The zero-order chi connectivity index (χ0) is 23.1. The number of halogens is 2. The van der Waals surface area contributed by atoms with E-state index < -0.39 is 0 Å². The summed E-state index contributed by atoms with van der Waals surface area (Å²) in [6, 6.07) is 10.4. The minimum atomic E-state index is -0.235. The first kappa shape index (κ1) is 24.2. The molecule has 1 aliphatic rings. The smallest absolute Gasteiger partial charge is 0.319 e. The van der Waals surface area contributed by atoms with Crippen molar-refractivity contribution in [3.63, 3.8) is 0 Å². The molecular weight excluding hydrogens is 447 g/mol. The Morgan fingerprint density at radius 1 is 0.812 bits per heavy atom. The van der Waals surface area contributed by atoms with Gasteiger partial charge in [0.1, 0.15) is 0 Å². The molecule has 2 atom stereocenters. The van der Waals surface area contributed by atoms with E-state index in [0.717, 1.165) is 36.8 Å². The fraction of sp³-hybridized carbons (Fsp3) is 0.417. The topological polar surface area (TPSA) is 82.3 Å². The van der Waals surface area contributed by atoms with Crippen LogP contribution in [-0.2, 0) is 0 Å². The van der Waals surface area contributed by atoms with E-state index in [1.807, 2.05) is 38.1 Å². The molecular formula is C24H30Cl2N4O2. The van der Waals surface area contributed by atoms with Crippen LogP contribution < -0.4 is 21.3 Å². The highest BCUT2D eigenvalue weighted by molar-refractivity contribution is 6.32. The Labute approximate surface area is 199 Å². The molecule has 4 amide bonds. The minimum absolute atomic E-state index is 0.235. The van der Waals surface area contributed by atoms with Crippen LogP contribution in [-0.4, -0.2) is 25.2 Å². The fourth-order valence-corrected chi connectivity index (χ4v) is 4.30. The van der Waals surface area contributed by atoms with Crippen molar-refractivity contribution in [3.8, 4) is 0 Å². The number of hydrogen-bond donors (Lipinski definition) is 4. The Hall–Kier alpha value is -2.44. The van der Waals surface area contributed by atoms with Gasteiger partial charge in [0.15, 0.2) is 0 Å². The normalized spacial score (nSPS) is 18.0. The number of urea groups is 2. The van der Waals surface area contributed by atoms with Crippen molar-refractivity contribution >= 4 is 46.6 Å². The molecule has 8 heteroatoms. The van der Waals surface area contributed by atoms with Crippen molar-refractivity contribution in [2.45, 2.75) is 39.5 Å². The summed E-state index contributed by atoms with van der Waals surface area (Å²) in [6.45, 7) is 5.05. The molecule has 3 rings (SSSR count). The number of hydrogen-bond acceptors (Lipinski definition) is 2. The summed E-state index contributed by atoms with van der Waals surface area (Å²) in [5.41, 5.74) is 3.28. The lowest BCUT2D eigenvalue weighted by Crippen LogP contribution is -2.38. The average Bonchev–Trinajstić information content (AvgIpc) is 2.76. The maximum Gasteiger partial charge on any atom is 0.319 e. The number of benzene rings is 2. The summed E-state index contributed by atoms with van der Waals surface area (Å²) >= 11 is 12.2. The van der Waals surface area contributed by atoms with Crippen molar-refractivity contribution in [1.82, 2.24) is 10.6 Å². The summed E-state index contributed by atoms with van der Waals surface area (Å²) in [5.74, 6) is 0.781. The van der Waals surface area contributed by atoms with Crippen molar-refractivity contribution in [2.75, 3.05) is 23.7 Å². The van der Waals surface area contributed by atoms with Crippen LogP contribution in [0.15, 0.2) is 36.4 Å². The van der Waals surface area contributed by atoms with Crippen LogP contribution in [0.3, 0.4) is 0 Å². The van der Waals surface area contributed by atoms with Crippen molar-refractivity contribution < 1.29 is 9.59 Å². The molecule has 2 unspecified atom stereocenters. The summed E-state index contributed by atoms with van der Waals surface area (Å²) in [5, 5.41) is 12.8. The molecule has 0 radical (unpaired) electrons. The van der Waals surface area contributed by atoms with Gasteiger partial charge in [-0.15, -0.1) is 0 Å². The second kappa shape index (κ2) is 11.4. The molecule has 6 nitrogen and oxygen atoms in total. The maximum atomic E-state index is 12.2. The van der Waals surface area contributed by atoms with E-state index in [2.05, 4.69) is 21.3 Å². The number of aryl methyl sites for hydroxylation is 2. The van der Waals surface area contributed by atoms with Gasteiger partial charge in [0.05, 0.1) is 0 Å². The van der Waals surface area contributed by atoms with E-state index in [4.69, 9.17) is 23.2 Å². The molecule has 0 bridgehead atoms. The Morgan fingerprint density at radius 3 is 1.66 bits per heavy atom. The second-order valence-corrected chi connectivity index (χ2v) is 9.31. The first-order valence-corrected chi connectivity index (χ1v) is 11.7. The highest BCUT2D eigenvalue weighted by Crippen LogP contribution is 2.28. The molecule has 2 aromatic carbocycles. The number of anilines is 2. The van der Waals surface area contributed by atoms with E-state index in [1.54, 1.807) is 12.1 Å². The molecule has 0 heterocycles. The fourth-order valence-electron chi connectivity index (χ4n) is 3.94. The van der Waals surface area contributed by atoms with Gasteiger partial charge in [-0.2, -0.15) is 0 Å². The van der Waals surface area contributed by atoms with Gasteiger partial charge in [0.2, 0.25) is 0 Å². The monoisotopic (exact) mass is 476 g/mol. The predicted octanol–water partition coefficient (Wildman–Crippen LogP) is 6.36. The summed E-state index contributed by atoms with van der Waals surface area (Å²) in [4.78, 5) is 24.5. The Morgan fingerprint density at radius 2 is 1.25 bits per heavy atom. The van der Waals surface area contributed by atoms with Crippen LogP contribution in [0.4, 0.5) is 21.0 Å². The molecule has 1 aliphatic carbocycles. The quantitative estimate of drug-likeness (QED) is 0.391. The van der Waals surface area contributed by atoms with Gasteiger partial charge < -0.3 is 21.3 Å². The number of rotatable bonds is 6. The molecule has 32 heavy (non-hydrogen) atoms. The third-order valence-corrected chi connectivity index (χ3v) is 6.67. The van der Waals surface area contributed by atoms with Crippen molar-refractivity contribution in [2.24, 2.45) is 11.8 Å². The summed E-state index contributed by atoms with van der Waals surface area (Å²) < 4.78 is 0. The maximum absolute atomic E-state index is 12.2. The van der Waals surface area contributed by atoms with Gasteiger partial charge in [-0.3, -0.25) is 0 Å². The predicted molar refractivity (Wildman–Crippen MR) is 132 cm³/mol. The average molecular weight is 477 g/mol. The highest BCUT2D eigenvalue weighted by Gasteiger charge is 2.23. The lowest BCUT2D eigenvalue weighted by Gasteiger charge is -2.29. The largest absolute Gasteiger partial charge is 0.338 e. The van der Waals surface area contributed by atoms with Gasteiger partial charge in [-0.25, -0.2) is 9.59 Å². The lowest BCUT2D eigenvalue weighted by molar-refractivity contribution is 0.230. The Kier molecular flexibility index (Phi) is 8.65. The number of nitrogens with one attached hydrogen (secondary N) is 4. The van der Waals surface area contributed by atoms with E-state index >= 15 is 0 Å². The van der Waals surface area contributed by atoms with Gasteiger partial charge in [-0.1, -0.05) is 41.8 Å². The number of amides is 4. The molecule has 0 saturated heterocycles. The molecule has 2 aromatic rings. The van der Waals surface area contributed by atoms with Gasteiger partial charge in [0, 0.05) is 34.5 Å². The first-order chi connectivity index (χ1) is 15.3. The van der Waals surface area contributed by atoms with E-state index in [1.165, 1.54) is 0 Å². The number of carbonyl (C=O) groups is 2. The van der Waals surface area contributed by atoms with Crippen LogP contribution >= 0.6 is 23.2 Å². The van der Waals surface area contributed by atoms with E-state index in [-0.39, 0.29) is 12.1 Å². The molecule has 4 N–H and O–H groups in total. The van der Waals surface area contributed by atoms with E-state index in [0.29, 0.717) is 46.3 Å². The SMILES string of the molecule is Cc1ccc(NC(=O)NCC2CCCC(CNC(=O)Nc3ccc(C)c(Cl)c3)C2)cc1Cl. The van der Waals surface area contributed by atoms with Gasteiger partial charge >= 0.3 is 12.1 Å². The third-order valence-electron chi connectivity index (χ3n) is 5.85. The van der Waals surface area contributed by atoms with Crippen LogP contribution in [0.5, 0.6) is 0 Å². The van der Waals surface area contributed by atoms with Crippen molar-refractivity contribution in [1.29, 1.82) is 0 Å². The van der Waals surface area contributed by atoms with E-state index in [9.17, 15) is 9.59 Å². The molecule has 1 saturated carbocycles. The van der Waals surface area contributed by atoms with Gasteiger partial charge in [0.25, 0.3) is 0 Å². The Bertz CT molecular complexity index is 892. The zero-order valence-corrected chi connectivity index (χ0v) is 19.9. The zero-order valence-electron chi connectivity index (χ0n) is 18.4. The van der Waals surface area contributed by atoms with Crippen LogP contribution in [0, 0.1) is 25.7 Å². The molecule has 172 valence electrons. The standard InChI is InChI=1S/C24H30Cl2N4O2/c1-15-6-8-19(11-21(15)25)29-23(31)27-13-17-4-3-5-18(10-17)14-28-24(32)30-20-9-7-16(2)22(26)12-20/h6-9,11-12,17-18H,3-5,10,13-14H2,1-2H3,(H2,27,29,31)(H2,28,30,32). The van der Waals surface area contributed by atoms with Crippen LogP contribution in [0.25, 0.3) is 0 Å². The molecule has 1 fully saturated rings. The number of carbonyl (C=O) groups excluding carboxylic acids is 2. The summed E-state index contributed by atoms with van der Waals surface area (Å²) in [6.07, 6.45) is 4.19. The van der Waals surface area contributed by atoms with Crippen LogP contribution in [0.2, 0.25) is 10.0 Å². The van der Waals surface area contributed by atoms with Crippen molar-refractivity contribution in [3.05, 3.63) is 57.6 Å². The molecule has 0 aromatic heterocycles. The molecule has 0 spiro atoms. The van der Waals surface area contributed by atoms with Gasteiger partial charge in [-0.05, 0) is 80.3 Å². The minimum Gasteiger partial charge on any atom is -0.338 e. The Balaban J connectivity index is 1.38. The lowest BCUT2D eigenvalue weighted by atomic mass is 9.81. The second-order valence-electron chi connectivity index (χ2n) is 8.50. The third kappa shape index (κ3) is 7.31. The molecule has 0 aliphatic heterocycles. The summed E-state index contributed by atoms with van der Waals surface area (Å²) in [7, 11) is 0. The first-order valence-electron chi connectivity index (χ1n) is 10.9. The van der Waals surface area contributed by atoms with Crippen LogP contribution in [0.1, 0.15) is 36.8 Å².